The molecule has 0 saturated carbocycles. The molecule has 1 aromatic rings. The van der Waals surface area contributed by atoms with Crippen LogP contribution in [0.2, 0.25) is 0 Å². The third-order valence-corrected chi connectivity index (χ3v) is 7.58. The molecule has 1 fully saturated rings. The van der Waals surface area contributed by atoms with Crippen molar-refractivity contribution < 1.29 is 8.42 Å². The minimum Gasteiger partial charge on any atom is -0.364 e. The molecule has 2 heterocycles. The second kappa shape index (κ2) is 10.8. The fourth-order valence-electron chi connectivity index (χ4n) is 3.89. The largest absolute Gasteiger partial charge is 0.364 e. The summed E-state index contributed by atoms with van der Waals surface area (Å²) in [4.78, 5) is 7.10. The highest BCUT2D eigenvalue weighted by Gasteiger charge is 2.27. The van der Waals surface area contributed by atoms with Crippen molar-refractivity contribution in [3.05, 3.63) is 42.0 Å². The number of anilines is 1. The first-order valence-electron chi connectivity index (χ1n) is 11.0. The molecule has 166 valence electrons. The Morgan fingerprint density at radius 1 is 1.17 bits per heavy atom. The Kier molecular flexibility index (Phi) is 8.16. The SMILES string of the molecule is CCCS(=O)(=O)N1CCC(NC(=NCc2cccc(N3CC=CC3)c2)NCC)CC1. The molecule has 0 aliphatic carbocycles. The third kappa shape index (κ3) is 6.22. The molecule has 0 spiro atoms. The average Bonchev–Trinajstić information content (AvgIpc) is 3.28. The molecular weight excluding hydrogens is 398 g/mol. The minimum absolute atomic E-state index is 0.234. The molecule has 8 heteroatoms. The van der Waals surface area contributed by atoms with Crippen LogP contribution >= 0.6 is 0 Å². The third-order valence-electron chi connectivity index (χ3n) is 5.51. The van der Waals surface area contributed by atoms with E-state index in [0.717, 1.165) is 38.4 Å². The van der Waals surface area contributed by atoms with E-state index in [0.29, 0.717) is 26.1 Å². The molecule has 0 atom stereocenters. The maximum atomic E-state index is 12.3. The van der Waals surface area contributed by atoms with Crippen LogP contribution in [0.5, 0.6) is 0 Å². The maximum absolute atomic E-state index is 12.3. The summed E-state index contributed by atoms with van der Waals surface area (Å²) < 4.78 is 26.2. The van der Waals surface area contributed by atoms with Gasteiger partial charge < -0.3 is 15.5 Å². The second-order valence-electron chi connectivity index (χ2n) is 7.88. The van der Waals surface area contributed by atoms with Gasteiger partial charge in [0, 0.05) is 44.5 Å². The van der Waals surface area contributed by atoms with Crippen LogP contribution < -0.4 is 15.5 Å². The molecule has 30 heavy (non-hydrogen) atoms. The predicted octanol–water partition coefficient (Wildman–Crippen LogP) is 2.32. The molecule has 0 radical (unpaired) electrons. The normalized spacial score (nSPS) is 18.7. The van der Waals surface area contributed by atoms with E-state index < -0.39 is 10.0 Å². The smallest absolute Gasteiger partial charge is 0.214 e. The van der Waals surface area contributed by atoms with E-state index in [-0.39, 0.29) is 11.8 Å². The van der Waals surface area contributed by atoms with Crippen LogP contribution in [-0.4, -0.2) is 63.2 Å². The highest BCUT2D eigenvalue weighted by Crippen LogP contribution is 2.19. The van der Waals surface area contributed by atoms with Crippen LogP contribution in [0.4, 0.5) is 5.69 Å². The van der Waals surface area contributed by atoms with E-state index in [1.54, 1.807) is 4.31 Å². The first kappa shape index (κ1) is 22.6. The van der Waals surface area contributed by atoms with Gasteiger partial charge in [-0.15, -0.1) is 0 Å². The quantitative estimate of drug-likeness (QED) is 0.374. The molecule has 1 saturated heterocycles. The summed E-state index contributed by atoms with van der Waals surface area (Å²) in [5, 5.41) is 6.82. The lowest BCUT2D eigenvalue weighted by molar-refractivity contribution is 0.306. The van der Waals surface area contributed by atoms with E-state index in [9.17, 15) is 8.42 Å². The lowest BCUT2D eigenvalue weighted by atomic mass is 10.1. The number of sulfonamides is 1. The molecule has 1 aromatic carbocycles. The summed E-state index contributed by atoms with van der Waals surface area (Å²) in [5.41, 5.74) is 2.41. The first-order chi connectivity index (χ1) is 14.5. The van der Waals surface area contributed by atoms with Crippen LogP contribution in [0.25, 0.3) is 0 Å². The van der Waals surface area contributed by atoms with Crippen LogP contribution in [0.3, 0.4) is 0 Å². The Hall–Kier alpha value is -2.06. The van der Waals surface area contributed by atoms with Crippen molar-refractivity contribution in [2.24, 2.45) is 4.99 Å². The fourth-order valence-corrected chi connectivity index (χ4v) is 5.43. The average molecular weight is 434 g/mol. The number of piperidine rings is 1. The molecule has 2 N–H and O–H groups in total. The Morgan fingerprint density at radius 2 is 1.90 bits per heavy atom. The van der Waals surface area contributed by atoms with Gasteiger partial charge in [0.15, 0.2) is 5.96 Å². The Morgan fingerprint density at radius 3 is 2.57 bits per heavy atom. The van der Waals surface area contributed by atoms with E-state index >= 15 is 0 Å². The van der Waals surface area contributed by atoms with E-state index in [1.807, 2.05) is 6.92 Å². The van der Waals surface area contributed by atoms with Gasteiger partial charge in [0.05, 0.1) is 12.3 Å². The van der Waals surface area contributed by atoms with Gasteiger partial charge in [0.1, 0.15) is 0 Å². The predicted molar refractivity (Wildman–Crippen MR) is 124 cm³/mol. The van der Waals surface area contributed by atoms with E-state index in [2.05, 4.69) is 58.9 Å². The number of hydrogen-bond donors (Lipinski definition) is 2. The molecule has 2 aliphatic heterocycles. The number of aliphatic imine (C=N–C) groups is 1. The van der Waals surface area contributed by atoms with Gasteiger partial charge in [-0.1, -0.05) is 31.2 Å². The summed E-state index contributed by atoms with van der Waals surface area (Å²) in [7, 11) is -3.10. The van der Waals surface area contributed by atoms with Crippen molar-refractivity contribution in [3.8, 4) is 0 Å². The number of hydrogen-bond acceptors (Lipinski definition) is 4. The molecule has 3 rings (SSSR count). The van der Waals surface area contributed by atoms with Crippen LogP contribution in [0.1, 0.15) is 38.7 Å². The maximum Gasteiger partial charge on any atom is 0.214 e. The van der Waals surface area contributed by atoms with Crippen molar-refractivity contribution in [1.82, 2.24) is 14.9 Å². The number of nitrogens with zero attached hydrogens (tertiary/aromatic N) is 3. The topological polar surface area (TPSA) is 77.0 Å². The van der Waals surface area contributed by atoms with Crippen molar-refractivity contribution in [1.29, 1.82) is 0 Å². The minimum atomic E-state index is -3.10. The van der Waals surface area contributed by atoms with Crippen LogP contribution in [0, 0.1) is 0 Å². The van der Waals surface area contributed by atoms with E-state index in [1.165, 1.54) is 11.3 Å². The number of benzene rings is 1. The Labute approximate surface area is 181 Å². The van der Waals surface area contributed by atoms with Crippen molar-refractivity contribution in [2.75, 3.05) is 43.4 Å². The molecule has 0 aromatic heterocycles. The van der Waals surface area contributed by atoms with Crippen LogP contribution in [-0.2, 0) is 16.6 Å². The van der Waals surface area contributed by atoms with Gasteiger partial charge in [-0.3, -0.25) is 0 Å². The summed E-state index contributed by atoms with van der Waals surface area (Å²) in [6, 6.07) is 8.78. The molecule has 0 unspecified atom stereocenters. The summed E-state index contributed by atoms with van der Waals surface area (Å²) in [6.07, 6.45) is 6.64. The zero-order chi connectivity index (χ0) is 21.4. The summed E-state index contributed by atoms with van der Waals surface area (Å²) in [6.45, 7) is 8.42. The Balaban J connectivity index is 1.56. The highest BCUT2D eigenvalue weighted by molar-refractivity contribution is 7.89. The zero-order valence-corrected chi connectivity index (χ0v) is 19.0. The number of guanidine groups is 1. The van der Waals surface area contributed by atoms with Crippen molar-refractivity contribution >= 4 is 21.7 Å². The summed E-state index contributed by atoms with van der Waals surface area (Å²) >= 11 is 0. The first-order valence-corrected chi connectivity index (χ1v) is 12.6. The van der Waals surface area contributed by atoms with E-state index in [4.69, 9.17) is 4.99 Å². The molecule has 0 bridgehead atoms. The molecule has 0 amide bonds. The second-order valence-corrected chi connectivity index (χ2v) is 9.96. The number of rotatable bonds is 8. The zero-order valence-electron chi connectivity index (χ0n) is 18.2. The number of nitrogens with one attached hydrogen (secondary N) is 2. The monoisotopic (exact) mass is 433 g/mol. The lowest BCUT2D eigenvalue weighted by Gasteiger charge is -2.32. The van der Waals surface area contributed by atoms with Crippen LogP contribution in [0.15, 0.2) is 41.4 Å². The summed E-state index contributed by atoms with van der Waals surface area (Å²) in [5.74, 6) is 1.03. The lowest BCUT2D eigenvalue weighted by Crippen LogP contribution is -2.50. The highest BCUT2D eigenvalue weighted by atomic mass is 32.2. The molecule has 2 aliphatic rings. The molecular formula is C22H35N5O2S. The van der Waals surface area contributed by atoms with Gasteiger partial charge in [-0.2, -0.15) is 0 Å². The van der Waals surface area contributed by atoms with Crippen molar-refractivity contribution in [3.63, 3.8) is 0 Å². The standard InChI is InChI=1S/C22H35N5O2S/c1-3-16-30(28,29)27-14-10-20(11-15-27)25-22(23-4-2)24-18-19-8-7-9-21(17-19)26-12-5-6-13-26/h5-9,17,20H,3-4,10-16,18H2,1-2H3,(H2,23,24,25). The van der Waals surface area contributed by atoms with Gasteiger partial charge in [0.25, 0.3) is 0 Å². The van der Waals surface area contributed by atoms with Gasteiger partial charge in [0.2, 0.25) is 10.0 Å². The van der Waals surface area contributed by atoms with Gasteiger partial charge in [-0.05, 0) is 43.9 Å². The van der Waals surface area contributed by atoms with Gasteiger partial charge in [-0.25, -0.2) is 17.7 Å². The fraction of sp³-hybridized carbons (Fsp3) is 0.591. The van der Waals surface area contributed by atoms with Crippen molar-refractivity contribution in [2.45, 2.75) is 45.7 Å². The Bertz CT molecular complexity index is 837. The van der Waals surface area contributed by atoms with Gasteiger partial charge >= 0.3 is 0 Å². The molecule has 7 nitrogen and oxygen atoms in total.